The van der Waals surface area contributed by atoms with Crippen LogP contribution in [0.3, 0.4) is 0 Å². The molecule has 2 heterocycles. The van der Waals surface area contributed by atoms with Crippen LogP contribution in [-0.2, 0) is 0 Å². The summed E-state index contributed by atoms with van der Waals surface area (Å²) in [7, 11) is 1.78. The van der Waals surface area contributed by atoms with Crippen LogP contribution in [0, 0.1) is 6.92 Å². The van der Waals surface area contributed by atoms with Gasteiger partial charge in [0.25, 0.3) is 0 Å². The lowest BCUT2D eigenvalue weighted by atomic mass is 10.1. The van der Waals surface area contributed by atoms with Gasteiger partial charge in [0.2, 0.25) is 5.95 Å². The molecule has 0 aliphatic carbocycles. The summed E-state index contributed by atoms with van der Waals surface area (Å²) in [4.78, 5) is 8.52. The van der Waals surface area contributed by atoms with Gasteiger partial charge in [-0.05, 0) is 13.3 Å². The topological polar surface area (TPSA) is 75.3 Å². The third-order valence-corrected chi connectivity index (χ3v) is 2.48. The molecule has 2 aromatic heterocycles. The Morgan fingerprint density at radius 3 is 2.88 bits per heavy atom. The van der Waals surface area contributed by atoms with Gasteiger partial charge in [0, 0.05) is 12.6 Å². The molecule has 0 bridgehead atoms. The highest BCUT2D eigenvalue weighted by Gasteiger charge is 2.15. The van der Waals surface area contributed by atoms with Gasteiger partial charge in [-0.3, -0.25) is 0 Å². The molecule has 16 heavy (non-hydrogen) atoms. The van der Waals surface area contributed by atoms with E-state index in [0.29, 0.717) is 23.8 Å². The van der Waals surface area contributed by atoms with Crippen LogP contribution in [-0.4, -0.2) is 31.7 Å². The van der Waals surface area contributed by atoms with Gasteiger partial charge in [-0.15, -0.1) is 0 Å². The van der Waals surface area contributed by atoms with Crippen molar-refractivity contribution in [2.75, 3.05) is 12.4 Å². The maximum absolute atomic E-state index is 9.84. The second-order valence-electron chi connectivity index (χ2n) is 3.60. The first-order chi connectivity index (χ1) is 7.67. The molecule has 0 saturated carbocycles. The molecule has 0 amide bonds. The lowest BCUT2D eigenvalue weighted by Crippen LogP contribution is -2.06. The number of hydrogen-bond acceptors (Lipinski definition) is 5. The van der Waals surface area contributed by atoms with E-state index in [1.54, 1.807) is 17.8 Å². The van der Waals surface area contributed by atoms with Gasteiger partial charge in [0.1, 0.15) is 5.82 Å². The number of hydrogen-bond donors (Lipinski definition) is 2. The van der Waals surface area contributed by atoms with Crippen molar-refractivity contribution in [2.45, 2.75) is 26.4 Å². The zero-order valence-electron chi connectivity index (χ0n) is 9.60. The van der Waals surface area contributed by atoms with Gasteiger partial charge in [0.05, 0.1) is 12.3 Å². The average molecular weight is 221 g/mol. The minimum atomic E-state index is -0.531. The van der Waals surface area contributed by atoms with E-state index >= 15 is 0 Å². The largest absolute Gasteiger partial charge is 0.388 e. The van der Waals surface area contributed by atoms with Crippen molar-refractivity contribution in [3.05, 3.63) is 17.6 Å². The Balaban J connectivity index is 2.67. The van der Waals surface area contributed by atoms with Crippen LogP contribution in [0.1, 0.15) is 30.8 Å². The second kappa shape index (κ2) is 4.05. The SMILES string of the molecule is CCC(O)c1cnn2c(NC)nc(C)nc12. The van der Waals surface area contributed by atoms with Crippen LogP contribution < -0.4 is 5.32 Å². The van der Waals surface area contributed by atoms with E-state index in [1.165, 1.54) is 0 Å². The summed E-state index contributed by atoms with van der Waals surface area (Å²) in [6.45, 7) is 3.73. The first-order valence-electron chi connectivity index (χ1n) is 5.25. The molecule has 0 saturated heterocycles. The van der Waals surface area contributed by atoms with Crippen LogP contribution >= 0.6 is 0 Å². The van der Waals surface area contributed by atoms with Crippen LogP contribution in [0.25, 0.3) is 5.65 Å². The summed E-state index contributed by atoms with van der Waals surface area (Å²) in [5, 5.41) is 17.0. The normalized spacial score (nSPS) is 13.0. The fraction of sp³-hybridized carbons (Fsp3) is 0.500. The third kappa shape index (κ3) is 1.61. The van der Waals surface area contributed by atoms with Crippen molar-refractivity contribution in [3.63, 3.8) is 0 Å². The number of aliphatic hydroxyl groups excluding tert-OH is 1. The summed E-state index contributed by atoms with van der Waals surface area (Å²) in [5.41, 5.74) is 1.40. The van der Waals surface area contributed by atoms with E-state index < -0.39 is 6.10 Å². The monoisotopic (exact) mass is 221 g/mol. The lowest BCUT2D eigenvalue weighted by molar-refractivity contribution is 0.175. The van der Waals surface area contributed by atoms with Crippen molar-refractivity contribution in [1.29, 1.82) is 0 Å². The van der Waals surface area contributed by atoms with Crippen molar-refractivity contribution >= 4 is 11.6 Å². The number of nitrogens with one attached hydrogen (secondary N) is 1. The number of nitrogens with zero attached hydrogens (tertiary/aromatic N) is 4. The molecule has 1 unspecified atom stereocenters. The summed E-state index contributed by atoms with van der Waals surface area (Å²) < 4.78 is 1.60. The minimum absolute atomic E-state index is 0.531. The van der Waals surface area contributed by atoms with Gasteiger partial charge in [-0.1, -0.05) is 6.92 Å². The quantitative estimate of drug-likeness (QED) is 0.806. The van der Waals surface area contributed by atoms with E-state index in [-0.39, 0.29) is 0 Å². The van der Waals surface area contributed by atoms with Crippen LogP contribution in [0.4, 0.5) is 5.95 Å². The summed E-state index contributed by atoms with van der Waals surface area (Å²) >= 11 is 0. The van der Waals surface area contributed by atoms with Gasteiger partial charge >= 0.3 is 0 Å². The van der Waals surface area contributed by atoms with Crippen molar-refractivity contribution < 1.29 is 5.11 Å². The minimum Gasteiger partial charge on any atom is -0.388 e. The predicted octanol–water partition coefficient (Wildman–Crippen LogP) is 0.918. The number of aryl methyl sites for hydroxylation is 1. The van der Waals surface area contributed by atoms with E-state index in [4.69, 9.17) is 0 Å². The molecule has 0 aliphatic heterocycles. The zero-order valence-corrected chi connectivity index (χ0v) is 9.60. The molecule has 86 valence electrons. The van der Waals surface area contributed by atoms with Crippen LogP contribution in [0.2, 0.25) is 0 Å². The van der Waals surface area contributed by atoms with E-state index in [9.17, 15) is 5.11 Å². The molecule has 6 nitrogen and oxygen atoms in total. The Morgan fingerprint density at radius 2 is 2.25 bits per heavy atom. The molecule has 1 atom stereocenters. The average Bonchev–Trinajstić information content (AvgIpc) is 2.70. The molecular formula is C10H15N5O. The van der Waals surface area contributed by atoms with E-state index in [1.807, 2.05) is 13.8 Å². The smallest absolute Gasteiger partial charge is 0.227 e. The summed E-state index contributed by atoms with van der Waals surface area (Å²) in [6.07, 6.45) is 1.74. The maximum atomic E-state index is 9.84. The highest BCUT2D eigenvalue weighted by Crippen LogP contribution is 2.21. The predicted molar refractivity (Wildman–Crippen MR) is 60.3 cm³/mol. The van der Waals surface area contributed by atoms with Gasteiger partial charge in [0.15, 0.2) is 5.65 Å². The molecule has 0 aliphatic rings. The van der Waals surface area contributed by atoms with Gasteiger partial charge in [-0.2, -0.15) is 14.6 Å². The molecule has 0 radical (unpaired) electrons. The number of anilines is 1. The Bertz CT molecular complexity index is 507. The number of aliphatic hydroxyl groups is 1. The fourth-order valence-electron chi connectivity index (χ4n) is 1.62. The maximum Gasteiger partial charge on any atom is 0.227 e. The molecular weight excluding hydrogens is 206 g/mol. The summed E-state index contributed by atoms with van der Waals surface area (Å²) in [6, 6.07) is 0. The third-order valence-electron chi connectivity index (χ3n) is 2.48. The zero-order chi connectivity index (χ0) is 11.7. The van der Waals surface area contributed by atoms with Crippen molar-refractivity contribution in [2.24, 2.45) is 0 Å². The molecule has 0 aromatic carbocycles. The summed E-state index contributed by atoms with van der Waals surface area (Å²) in [5.74, 6) is 1.28. The van der Waals surface area contributed by atoms with E-state index in [0.717, 1.165) is 5.56 Å². The lowest BCUT2D eigenvalue weighted by Gasteiger charge is -2.07. The second-order valence-corrected chi connectivity index (χ2v) is 3.60. The molecule has 0 spiro atoms. The standard InChI is InChI=1S/C10H15N5O/c1-4-8(16)7-5-12-15-9(7)13-6(2)14-10(15)11-3/h5,8,16H,4H2,1-3H3,(H,11,13,14). The van der Waals surface area contributed by atoms with Crippen LogP contribution in [0.15, 0.2) is 6.20 Å². The Morgan fingerprint density at radius 1 is 1.50 bits per heavy atom. The molecule has 2 aromatic rings. The van der Waals surface area contributed by atoms with Crippen molar-refractivity contribution in [3.8, 4) is 0 Å². The Labute approximate surface area is 93.3 Å². The molecule has 2 rings (SSSR count). The highest BCUT2D eigenvalue weighted by atomic mass is 16.3. The first-order valence-corrected chi connectivity index (χ1v) is 5.25. The number of aromatic nitrogens is 4. The van der Waals surface area contributed by atoms with Gasteiger partial charge < -0.3 is 10.4 Å². The Hall–Kier alpha value is -1.69. The van der Waals surface area contributed by atoms with E-state index in [2.05, 4.69) is 20.4 Å². The number of fused-ring (bicyclic) bond motifs is 1. The number of rotatable bonds is 3. The Kier molecular flexibility index (Phi) is 2.74. The van der Waals surface area contributed by atoms with Crippen molar-refractivity contribution in [1.82, 2.24) is 19.6 Å². The first kappa shape index (κ1) is 10.8. The fourth-order valence-corrected chi connectivity index (χ4v) is 1.62. The molecule has 2 N–H and O–H groups in total. The van der Waals surface area contributed by atoms with Gasteiger partial charge in [-0.25, -0.2) is 4.98 Å². The molecule has 0 fully saturated rings. The highest BCUT2D eigenvalue weighted by molar-refractivity contribution is 5.51. The molecule has 6 heteroatoms. The van der Waals surface area contributed by atoms with Crippen LogP contribution in [0.5, 0.6) is 0 Å².